The topological polar surface area (TPSA) is 66.8 Å². The number of hydrogen-bond donors (Lipinski definition) is 1. The first-order valence-corrected chi connectivity index (χ1v) is 7.65. The standard InChI is InChI=1S/C15H18BrNO4/c1-10-6-11(8-12(16)7-10)15(20)17-4-2-13(3-5-17)21-9-14(18)19/h6-8,13H,2-5,9H2,1H3,(H,18,19). The predicted octanol–water partition coefficient (Wildman–Crippen LogP) is 2.46. The monoisotopic (exact) mass is 355 g/mol. The van der Waals surface area contributed by atoms with Crippen molar-refractivity contribution in [2.24, 2.45) is 0 Å². The van der Waals surface area contributed by atoms with Crippen molar-refractivity contribution < 1.29 is 19.4 Å². The summed E-state index contributed by atoms with van der Waals surface area (Å²) in [6.45, 7) is 2.86. The number of amides is 1. The fourth-order valence-electron chi connectivity index (χ4n) is 2.46. The number of aryl methyl sites for hydroxylation is 1. The lowest BCUT2D eigenvalue weighted by molar-refractivity contribution is -0.145. The quantitative estimate of drug-likeness (QED) is 0.900. The number of ether oxygens (including phenoxy) is 1. The third kappa shape index (κ3) is 4.54. The van der Waals surface area contributed by atoms with Crippen molar-refractivity contribution in [3.05, 3.63) is 33.8 Å². The average molecular weight is 356 g/mol. The summed E-state index contributed by atoms with van der Waals surface area (Å²) in [5.41, 5.74) is 1.71. The molecule has 1 aromatic carbocycles. The number of carboxylic acids is 1. The van der Waals surface area contributed by atoms with Crippen LogP contribution < -0.4 is 0 Å². The maximum Gasteiger partial charge on any atom is 0.329 e. The number of piperidine rings is 1. The van der Waals surface area contributed by atoms with Crippen molar-refractivity contribution in [2.75, 3.05) is 19.7 Å². The molecule has 0 saturated carbocycles. The molecule has 1 heterocycles. The second kappa shape index (κ2) is 7.04. The molecule has 114 valence electrons. The van der Waals surface area contributed by atoms with E-state index >= 15 is 0 Å². The van der Waals surface area contributed by atoms with Gasteiger partial charge in [0, 0.05) is 23.1 Å². The minimum Gasteiger partial charge on any atom is -0.480 e. The number of carbonyl (C=O) groups is 2. The summed E-state index contributed by atoms with van der Waals surface area (Å²) in [5, 5.41) is 8.59. The zero-order chi connectivity index (χ0) is 15.4. The third-order valence-corrected chi connectivity index (χ3v) is 3.92. The number of nitrogens with zero attached hydrogens (tertiary/aromatic N) is 1. The summed E-state index contributed by atoms with van der Waals surface area (Å²) in [6, 6.07) is 5.66. The Bertz CT molecular complexity index is 518. The summed E-state index contributed by atoms with van der Waals surface area (Å²) < 4.78 is 6.17. The molecule has 5 nitrogen and oxygen atoms in total. The van der Waals surface area contributed by atoms with Crippen molar-refractivity contribution in [3.8, 4) is 0 Å². The van der Waals surface area contributed by atoms with Gasteiger partial charge in [-0.2, -0.15) is 0 Å². The molecule has 0 bridgehead atoms. The summed E-state index contributed by atoms with van der Waals surface area (Å²) in [7, 11) is 0. The van der Waals surface area contributed by atoms with Crippen LogP contribution in [0, 0.1) is 6.92 Å². The van der Waals surface area contributed by atoms with E-state index in [1.807, 2.05) is 25.1 Å². The highest BCUT2D eigenvalue weighted by molar-refractivity contribution is 9.10. The molecule has 6 heteroatoms. The molecule has 0 atom stereocenters. The normalized spacial score (nSPS) is 16.0. The number of benzene rings is 1. The van der Waals surface area contributed by atoms with Crippen molar-refractivity contribution in [1.29, 1.82) is 0 Å². The Balaban J connectivity index is 1.92. The van der Waals surface area contributed by atoms with Crippen molar-refractivity contribution >= 4 is 27.8 Å². The van der Waals surface area contributed by atoms with Crippen LogP contribution in [0.15, 0.2) is 22.7 Å². The number of carboxylic acid groups (broad SMARTS) is 1. The van der Waals surface area contributed by atoms with Crippen LogP contribution in [-0.2, 0) is 9.53 Å². The number of carbonyl (C=O) groups excluding carboxylic acids is 1. The molecule has 0 aromatic heterocycles. The number of hydrogen-bond acceptors (Lipinski definition) is 3. The van der Waals surface area contributed by atoms with E-state index < -0.39 is 5.97 Å². The van der Waals surface area contributed by atoms with E-state index in [1.54, 1.807) is 4.90 Å². The lowest BCUT2D eigenvalue weighted by Crippen LogP contribution is -2.41. The van der Waals surface area contributed by atoms with Crippen molar-refractivity contribution in [2.45, 2.75) is 25.9 Å². The Labute approximate surface area is 132 Å². The zero-order valence-electron chi connectivity index (χ0n) is 11.8. The number of rotatable bonds is 4. The summed E-state index contributed by atoms with van der Waals surface area (Å²) >= 11 is 3.40. The third-order valence-electron chi connectivity index (χ3n) is 3.46. The fraction of sp³-hybridized carbons (Fsp3) is 0.467. The highest BCUT2D eigenvalue weighted by atomic mass is 79.9. The van der Waals surface area contributed by atoms with Crippen molar-refractivity contribution in [1.82, 2.24) is 4.90 Å². The van der Waals surface area contributed by atoms with Gasteiger partial charge in [0.2, 0.25) is 0 Å². The van der Waals surface area contributed by atoms with Gasteiger partial charge in [0.25, 0.3) is 5.91 Å². The Hall–Kier alpha value is -1.40. The molecule has 2 rings (SSSR count). The van der Waals surface area contributed by atoms with E-state index in [-0.39, 0.29) is 18.6 Å². The molecule has 1 saturated heterocycles. The van der Waals surface area contributed by atoms with Gasteiger partial charge >= 0.3 is 5.97 Å². The Kier molecular flexibility index (Phi) is 5.36. The molecular weight excluding hydrogens is 338 g/mol. The number of likely N-dealkylation sites (tertiary alicyclic amines) is 1. The highest BCUT2D eigenvalue weighted by Crippen LogP contribution is 2.20. The average Bonchev–Trinajstić information content (AvgIpc) is 2.44. The highest BCUT2D eigenvalue weighted by Gasteiger charge is 2.24. The molecule has 0 radical (unpaired) electrons. The van der Waals surface area contributed by atoms with E-state index in [9.17, 15) is 9.59 Å². The van der Waals surface area contributed by atoms with Gasteiger partial charge in [0.15, 0.2) is 0 Å². The summed E-state index contributed by atoms with van der Waals surface area (Å²) in [5.74, 6) is -0.950. The van der Waals surface area contributed by atoms with Crippen LogP contribution in [0.3, 0.4) is 0 Å². The first kappa shape index (κ1) is 16.0. The minimum atomic E-state index is -0.960. The maximum atomic E-state index is 12.4. The molecule has 1 aromatic rings. The first-order chi connectivity index (χ1) is 9.95. The fourth-order valence-corrected chi connectivity index (χ4v) is 3.06. The molecule has 1 aliphatic heterocycles. The minimum absolute atomic E-state index is 0.0103. The van der Waals surface area contributed by atoms with Crippen LogP contribution in [0.2, 0.25) is 0 Å². The SMILES string of the molecule is Cc1cc(Br)cc(C(=O)N2CCC(OCC(=O)O)CC2)c1. The Morgan fingerprint density at radius 3 is 2.57 bits per heavy atom. The first-order valence-electron chi connectivity index (χ1n) is 6.85. The molecule has 1 amide bonds. The lowest BCUT2D eigenvalue weighted by atomic mass is 10.1. The molecule has 0 spiro atoms. The smallest absolute Gasteiger partial charge is 0.329 e. The summed E-state index contributed by atoms with van der Waals surface area (Å²) in [4.78, 5) is 24.7. The molecule has 21 heavy (non-hydrogen) atoms. The van der Waals surface area contributed by atoms with Crippen LogP contribution in [-0.4, -0.2) is 47.7 Å². The van der Waals surface area contributed by atoms with Crippen LogP contribution in [0.1, 0.15) is 28.8 Å². The Morgan fingerprint density at radius 2 is 2.00 bits per heavy atom. The number of halogens is 1. The Morgan fingerprint density at radius 1 is 1.33 bits per heavy atom. The second-order valence-electron chi connectivity index (χ2n) is 5.21. The maximum absolute atomic E-state index is 12.4. The van der Waals surface area contributed by atoms with Crippen LogP contribution in [0.4, 0.5) is 0 Å². The van der Waals surface area contributed by atoms with Gasteiger partial charge in [0.05, 0.1) is 6.10 Å². The van der Waals surface area contributed by atoms with Crippen molar-refractivity contribution in [3.63, 3.8) is 0 Å². The van der Waals surface area contributed by atoms with Crippen LogP contribution in [0.5, 0.6) is 0 Å². The van der Waals surface area contributed by atoms with Gasteiger partial charge in [-0.15, -0.1) is 0 Å². The van der Waals surface area contributed by atoms with E-state index in [1.165, 1.54) is 0 Å². The number of aliphatic carboxylic acids is 1. The van der Waals surface area contributed by atoms with Gasteiger partial charge in [0.1, 0.15) is 6.61 Å². The largest absolute Gasteiger partial charge is 0.480 e. The second-order valence-corrected chi connectivity index (χ2v) is 6.13. The van der Waals surface area contributed by atoms with Crippen LogP contribution in [0.25, 0.3) is 0 Å². The van der Waals surface area contributed by atoms with Gasteiger partial charge in [-0.05, 0) is 43.5 Å². The lowest BCUT2D eigenvalue weighted by Gasteiger charge is -2.31. The van der Waals surface area contributed by atoms with Gasteiger partial charge in [-0.3, -0.25) is 4.79 Å². The van der Waals surface area contributed by atoms with E-state index in [2.05, 4.69) is 15.9 Å². The summed E-state index contributed by atoms with van der Waals surface area (Å²) in [6.07, 6.45) is 1.27. The van der Waals surface area contributed by atoms with E-state index in [0.717, 1.165) is 10.0 Å². The van der Waals surface area contributed by atoms with Gasteiger partial charge in [-0.1, -0.05) is 15.9 Å². The zero-order valence-corrected chi connectivity index (χ0v) is 13.4. The molecule has 1 N–H and O–H groups in total. The molecule has 1 fully saturated rings. The molecule has 1 aliphatic rings. The van der Waals surface area contributed by atoms with Gasteiger partial charge in [-0.25, -0.2) is 4.79 Å². The molecule has 0 aliphatic carbocycles. The van der Waals surface area contributed by atoms with E-state index in [4.69, 9.17) is 9.84 Å². The van der Waals surface area contributed by atoms with Gasteiger partial charge < -0.3 is 14.7 Å². The molecule has 0 unspecified atom stereocenters. The molecular formula is C15H18BrNO4. The van der Waals surface area contributed by atoms with E-state index in [0.29, 0.717) is 31.5 Å². The predicted molar refractivity (Wildman–Crippen MR) is 81.4 cm³/mol. The van der Waals surface area contributed by atoms with Crippen LogP contribution >= 0.6 is 15.9 Å².